The van der Waals surface area contributed by atoms with Gasteiger partial charge in [-0.3, -0.25) is 9.69 Å². The van der Waals surface area contributed by atoms with Crippen molar-refractivity contribution in [3.63, 3.8) is 0 Å². The number of aryl methyl sites for hydroxylation is 2. The van der Waals surface area contributed by atoms with Gasteiger partial charge in [-0.05, 0) is 70.4 Å². The molecule has 0 radical (unpaired) electrons. The molecule has 1 aromatic carbocycles. The first-order chi connectivity index (χ1) is 10.6. The maximum atomic E-state index is 10.8. The third kappa shape index (κ3) is 5.11. The summed E-state index contributed by atoms with van der Waals surface area (Å²) in [4.78, 5) is 15.3. The summed E-state index contributed by atoms with van der Waals surface area (Å²) in [6.07, 6.45) is 4.49. The summed E-state index contributed by atoms with van der Waals surface area (Å²) in [5, 5.41) is 8.86. The number of carboxylic acids is 1. The number of piperidine rings is 1. The van der Waals surface area contributed by atoms with Crippen molar-refractivity contribution in [1.29, 1.82) is 0 Å². The molecular weight excluding hydrogens is 276 g/mol. The van der Waals surface area contributed by atoms with Crippen LogP contribution in [-0.4, -0.2) is 60.1 Å². The molecule has 0 unspecified atom stereocenters. The Labute approximate surface area is 133 Å². The first-order valence-electron chi connectivity index (χ1n) is 8.25. The molecule has 0 atom stereocenters. The molecule has 1 fully saturated rings. The molecule has 1 aliphatic heterocycles. The lowest BCUT2D eigenvalue weighted by molar-refractivity contribution is -0.138. The molecule has 4 nitrogen and oxygen atoms in total. The number of carboxylic acid groups (broad SMARTS) is 1. The molecule has 0 aliphatic carbocycles. The van der Waals surface area contributed by atoms with Crippen molar-refractivity contribution >= 4 is 5.97 Å². The van der Waals surface area contributed by atoms with Crippen LogP contribution in [0.2, 0.25) is 0 Å². The fraction of sp³-hybridized carbons (Fsp3) is 0.611. The number of aliphatic carboxylic acids is 1. The SMILES string of the molecule is Cc1ccccc1CCCN1CCC(N(C)CC(=O)O)CC1. The summed E-state index contributed by atoms with van der Waals surface area (Å²) in [5.74, 6) is -0.733. The average molecular weight is 304 g/mol. The molecule has 22 heavy (non-hydrogen) atoms. The van der Waals surface area contributed by atoms with Gasteiger partial charge in [0, 0.05) is 6.04 Å². The monoisotopic (exact) mass is 304 g/mol. The fourth-order valence-electron chi connectivity index (χ4n) is 3.31. The third-order valence-corrected chi connectivity index (χ3v) is 4.75. The number of likely N-dealkylation sites (N-methyl/N-ethyl adjacent to an activating group) is 1. The predicted molar refractivity (Wildman–Crippen MR) is 89.2 cm³/mol. The number of hydrogen-bond acceptors (Lipinski definition) is 3. The Morgan fingerprint density at radius 3 is 2.64 bits per heavy atom. The van der Waals surface area contributed by atoms with Crippen LogP contribution in [0.15, 0.2) is 24.3 Å². The highest BCUT2D eigenvalue weighted by atomic mass is 16.4. The van der Waals surface area contributed by atoms with Crippen molar-refractivity contribution in [3.8, 4) is 0 Å². The smallest absolute Gasteiger partial charge is 0.317 e. The Morgan fingerprint density at radius 1 is 1.32 bits per heavy atom. The van der Waals surface area contributed by atoms with Crippen LogP contribution >= 0.6 is 0 Å². The summed E-state index contributed by atoms with van der Waals surface area (Å²) in [5.41, 5.74) is 2.84. The number of hydrogen-bond donors (Lipinski definition) is 1. The molecule has 0 aromatic heterocycles. The largest absolute Gasteiger partial charge is 0.480 e. The van der Waals surface area contributed by atoms with Crippen molar-refractivity contribution in [3.05, 3.63) is 35.4 Å². The normalized spacial score (nSPS) is 17.0. The van der Waals surface area contributed by atoms with Gasteiger partial charge in [-0.1, -0.05) is 24.3 Å². The Bertz CT molecular complexity index is 482. The van der Waals surface area contributed by atoms with Crippen molar-refractivity contribution in [2.45, 2.75) is 38.6 Å². The van der Waals surface area contributed by atoms with E-state index in [2.05, 4.69) is 36.1 Å². The van der Waals surface area contributed by atoms with Crippen LogP contribution in [0.3, 0.4) is 0 Å². The van der Waals surface area contributed by atoms with E-state index in [1.165, 1.54) is 17.5 Å². The van der Waals surface area contributed by atoms with Crippen molar-refractivity contribution in [2.75, 3.05) is 33.2 Å². The maximum absolute atomic E-state index is 10.8. The number of carbonyl (C=O) groups is 1. The van der Waals surface area contributed by atoms with Gasteiger partial charge in [0.15, 0.2) is 0 Å². The van der Waals surface area contributed by atoms with E-state index < -0.39 is 5.97 Å². The quantitative estimate of drug-likeness (QED) is 0.840. The van der Waals surface area contributed by atoms with Gasteiger partial charge in [-0.25, -0.2) is 0 Å². The highest BCUT2D eigenvalue weighted by Gasteiger charge is 2.23. The minimum absolute atomic E-state index is 0.151. The van der Waals surface area contributed by atoms with Gasteiger partial charge < -0.3 is 10.0 Å². The highest BCUT2D eigenvalue weighted by Crippen LogP contribution is 2.16. The van der Waals surface area contributed by atoms with E-state index in [1.807, 2.05) is 11.9 Å². The number of nitrogens with zero attached hydrogens (tertiary/aromatic N) is 2. The molecule has 1 aromatic rings. The predicted octanol–water partition coefficient (Wildman–Crippen LogP) is 2.41. The molecule has 1 aliphatic rings. The zero-order valence-corrected chi connectivity index (χ0v) is 13.8. The van der Waals surface area contributed by atoms with Gasteiger partial charge in [0.25, 0.3) is 0 Å². The average Bonchev–Trinajstić information content (AvgIpc) is 2.49. The summed E-state index contributed by atoms with van der Waals surface area (Å²) in [7, 11) is 1.92. The van der Waals surface area contributed by atoms with Crippen molar-refractivity contribution in [1.82, 2.24) is 9.80 Å². The standard InChI is InChI=1S/C18H28N2O2/c1-15-6-3-4-7-16(15)8-5-11-20-12-9-17(10-13-20)19(2)14-18(21)22/h3-4,6-7,17H,5,8-14H2,1-2H3,(H,21,22). The lowest BCUT2D eigenvalue weighted by Gasteiger charge is -2.36. The third-order valence-electron chi connectivity index (χ3n) is 4.75. The van der Waals surface area contributed by atoms with E-state index in [4.69, 9.17) is 5.11 Å². The van der Waals surface area contributed by atoms with Crippen LogP contribution < -0.4 is 0 Å². The van der Waals surface area contributed by atoms with Crippen molar-refractivity contribution in [2.24, 2.45) is 0 Å². The first kappa shape index (κ1) is 17.0. The second-order valence-electron chi connectivity index (χ2n) is 6.41. The van der Waals surface area contributed by atoms with Crippen LogP contribution in [0.1, 0.15) is 30.4 Å². The Hall–Kier alpha value is -1.39. The zero-order chi connectivity index (χ0) is 15.9. The molecule has 1 heterocycles. The Balaban J connectivity index is 1.67. The Morgan fingerprint density at radius 2 is 2.00 bits per heavy atom. The second-order valence-corrected chi connectivity index (χ2v) is 6.41. The van der Waals surface area contributed by atoms with Crippen molar-refractivity contribution < 1.29 is 9.90 Å². The lowest BCUT2D eigenvalue weighted by Crippen LogP contribution is -2.45. The van der Waals surface area contributed by atoms with E-state index in [-0.39, 0.29) is 6.54 Å². The lowest BCUT2D eigenvalue weighted by atomic mass is 10.0. The van der Waals surface area contributed by atoms with E-state index in [9.17, 15) is 4.79 Å². The molecule has 122 valence electrons. The van der Waals surface area contributed by atoms with Crippen LogP contribution in [0, 0.1) is 6.92 Å². The van der Waals surface area contributed by atoms with Gasteiger partial charge >= 0.3 is 5.97 Å². The molecule has 4 heteroatoms. The van der Waals surface area contributed by atoms with E-state index in [1.54, 1.807) is 0 Å². The van der Waals surface area contributed by atoms with Gasteiger partial charge in [0.05, 0.1) is 6.54 Å². The Kier molecular flexibility index (Phi) is 6.40. The maximum Gasteiger partial charge on any atom is 0.317 e. The van der Waals surface area contributed by atoms with Crippen LogP contribution in [0.4, 0.5) is 0 Å². The molecule has 0 saturated carbocycles. The zero-order valence-electron chi connectivity index (χ0n) is 13.8. The highest BCUT2D eigenvalue weighted by molar-refractivity contribution is 5.69. The minimum atomic E-state index is -0.733. The molecule has 1 N–H and O–H groups in total. The summed E-state index contributed by atoms with van der Waals surface area (Å²) >= 11 is 0. The molecular formula is C18H28N2O2. The number of benzene rings is 1. The number of rotatable bonds is 7. The molecule has 0 amide bonds. The van der Waals surface area contributed by atoms with E-state index in [0.29, 0.717) is 6.04 Å². The van der Waals surface area contributed by atoms with Crippen LogP contribution in [-0.2, 0) is 11.2 Å². The number of likely N-dealkylation sites (tertiary alicyclic amines) is 1. The molecule has 1 saturated heterocycles. The summed E-state index contributed by atoms with van der Waals surface area (Å²) in [6.45, 7) is 5.64. The topological polar surface area (TPSA) is 43.8 Å². The van der Waals surface area contributed by atoms with E-state index in [0.717, 1.165) is 38.9 Å². The second kappa shape index (κ2) is 8.30. The fourth-order valence-corrected chi connectivity index (χ4v) is 3.31. The minimum Gasteiger partial charge on any atom is -0.480 e. The van der Waals surface area contributed by atoms with Gasteiger partial charge in [0.1, 0.15) is 0 Å². The summed E-state index contributed by atoms with van der Waals surface area (Å²) in [6, 6.07) is 9.04. The van der Waals surface area contributed by atoms with Crippen LogP contribution in [0.5, 0.6) is 0 Å². The van der Waals surface area contributed by atoms with E-state index >= 15 is 0 Å². The first-order valence-corrected chi connectivity index (χ1v) is 8.25. The molecule has 0 bridgehead atoms. The summed E-state index contributed by atoms with van der Waals surface area (Å²) < 4.78 is 0. The van der Waals surface area contributed by atoms with Crippen LogP contribution in [0.25, 0.3) is 0 Å². The molecule has 0 spiro atoms. The van der Waals surface area contributed by atoms with Gasteiger partial charge in [-0.15, -0.1) is 0 Å². The van der Waals surface area contributed by atoms with Gasteiger partial charge in [-0.2, -0.15) is 0 Å². The molecule has 2 rings (SSSR count). The van der Waals surface area contributed by atoms with Gasteiger partial charge in [0.2, 0.25) is 0 Å².